The van der Waals surface area contributed by atoms with Gasteiger partial charge in [0.15, 0.2) is 0 Å². The van der Waals surface area contributed by atoms with E-state index in [4.69, 9.17) is 10.5 Å². The van der Waals surface area contributed by atoms with Gasteiger partial charge in [0.2, 0.25) is 0 Å². The Bertz CT molecular complexity index is 736. The van der Waals surface area contributed by atoms with Crippen molar-refractivity contribution in [1.82, 2.24) is 0 Å². The number of methoxy groups -OCH3 is 1. The van der Waals surface area contributed by atoms with E-state index < -0.39 is 0 Å². The van der Waals surface area contributed by atoms with Crippen molar-refractivity contribution in [2.24, 2.45) is 0 Å². The average molecular weight is 251 g/mol. The summed E-state index contributed by atoms with van der Waals surface area (Å²) < 4.78 is 4.91. The minimum absolute atomic E-state index is 0.340. The molecule has 0 saturated carbocycles. The van der Waals surface area contributed by atoms with E-state index in [0.717, 1.165) is 21.5 Å². The molecule has 0 amide bonds. The number of esters is 1. The second kappa shape index (κ2) is 4.28. The number of nitrogens with two attached hydrogens (primary N) is 1. The van der Waals surface area contributed by atoms with Gasteiger partial charge in [-0.3, -0.25) is 0 Å². The summed E-state index contributed by atoms with van der Waals surface area (Å²) in [5.41, 5.74) is 7.48. The molecule has 0 atom stereocenters. The third kappa shape index (κ3) is 1.63. The third-order valence-electron chi connectivity index (χ3n) is 3.36. The molecule has 3 rings (SSSR count). The van der Waals surface area contributed by atoms with Gasteiger partial charge in [-0.05, 0) is 10.8 Å². The van der Waals surface area contributed by atoms with Crippen LogP contribution in [-0.2, 0) is 4.74 Å². The van der Waals surface area contributed by atoms with Gasteiger partial charge in [-0.2, -0.15) is 0 Å². The quantitative estimate of drug-likeness (QED) is 0.410. The van der Waals surface area contributed by atoms with Gasteiger partial charge in [-0.25, -0.2) is 4.79 Å². The van der Waals surface area contributed by atoms with E-state index in [2.05, 4.69) is 0 Å². The maximum Gasteiger partial charge on any atom is 0.339 e. The summed E-state index contributed by atoms with van der Waals surface area (Å²) in [5.74, 6) is -0.340. The number of nitrogen functional groups attached to an aromatic ring is 1. The second-order valence-corrected chi connectivity index (χ2v) is 4.37. The summed E-state index contributed by atoms with van der Waals surface area (Å²) in [6.07, 6.45) is 0. The molecule has 94 valence electrons. The molecular weight excluding hydrogens is 238 g/mol. The van der Waals surface area contributed by atoms with E-state index in [9.17, 15) is 4.79 Å². The molecule has 3 aromatic rings. The monoisotopic (exact) mass is 251 g/mol. The van der Waals surface area contributed by atoms with Crippen LogP contribution in [0, 0.1) is 0 Å². The molecule has 0 fully saturated rings. The Morgan fingerprint density at radius 2 is 1.32 bits per heavy atom. The van der Waals surface area contributed by atoms with Crippen LogP contribution in [0.2, 0.25) is 0 Å². The van der Waals surface area contributed by atoms with Gasteiger partial charge in [-0.1, -0.05) is 48.5 Å². The van der Waals surface area contributed by atoms with Gasteiger partial charge in [0.05, 0.1) is 12.7 Å². The zero-order chi connectivity index (χ0) is 13.4. The topological polar surface area (TPSA) is 52.3 Å². The van der Waals surface area contributed by atoms with Crippen molar-refractivity contribution >= 4 is 33.2 Å². The SMILES string of the molecule is COC(=O)c1c2ccccc2c(N)c2ccccc12. The Morgan fingerprint density at radius 1 is 0.895 bits per heavy atom. The smallest absolute Gasteiger partial charge is 0.339 e. The van der Waals surface area contributed by atoms with E-state index in [0.29, 0.717) is 11.3 Å². The van der Waals surface area contributed by atoms with Crippen molar-refractivity contribution in [2.45, 2.75) is 0 Å². The van der Waals surface area contributed by atoms with Crippen LogP contribution in [0.3, 0.4) is 0 Å². The van der Waals surface area contributed by atoms with Crippen LogP contribution in [-0.4, -0.2) is 13.1 Å². The molecule has 3 aromatic carbocycles. The van der Waals surface area contributed by atoms with Gasteiger partial charge in [0.1, 0.15) is 0 Å². The number of rotatable bonds is 1. The maximum atomic E-state index is 12.1. The highest BCUT2D eigenvalue weighted by molar-refractivity contribution is 6.22. The number of carbonyl (C=O) groups excluding carboxylic acids is 1. The summed E-state index contributed by atoms with van der Waals surface area (Å²) in [6.45, 7) is 0. The maximum absolute atomic E-state index is 12.1. The molecule has 0 spiro atoms. The highest BCUT2D eigenvalue weighted by Crippen LogP contribution is 2.34. The molecule has 3 heteroatoms. The minimum atomic E-state index is -0.340. The van der Waals surface area contributed by atoms with E-state index in [1.807, 2.05) is 48.5 Å². The lowest BCUT2D eigenvalue weighted by molar-refractivity contribution is 0.0605. The minimum Gasteiger partial charge on any atom is -0.465 e. The van der Waals surface area contributed by atoms with Crippen LogP contribution in [0.5, 0.6) is 0 Å². The van der Waals surface area contributed by atoms with E-state index in [1.165, 1.54) is 7.11 Å². The van der Waals surface area contributed by atoms with Crippen LogP contribution in [0.25, 0.3) is 21.5 Å². The van der Waals surface area contributed by atoms with Crippen LogP contribution in [0.4, 0.5) is 5.69 Å². The summed E-state index contributed by atoms with van der Waals surface area (Å²) in [6, 6.07) is 15.2. The van der Waals surface area contributed by atoms with Crippen molar-refractivity contribution in [3.63, 3.8) is 0 Å². The predicted octanol–water partition coefficient (Wildman–Crippen LogP) is 3.36. The molecule has 0 unspecified atom stereocenters. The lowest BCUT2D eigenvalue weighted by Gasteiger charge is -2.12. The number of ether oxygens (including phenoxy) is 1. The molecule has 0 aromatic heterocycles. The average Bonchev–Trinajstić information content (AvgIpc) is 2.47. The van der Waals surface area contributed by atoms with Gasteiger partial charge < -0.3 is 10.5 Å². The van der Waals surface area contributed by atoms with Gasteiger partial charge >= 0.3 is 5.97 Å². The van der Waals surface area contributed by atoms with E-state index in [-0.39, 0.29) is 5.97 Å². The van der Waals surface area contributed by atoms with Crippen molar-refractivity contribution in [1.29, 1.82) is 0 Å². The van der Waals surface area contributed by atoms with Crippen molar-refractivity contribution in [3.05, 3.63) is 54.1 Å². The Labute approximate surface area is 110 Å². The Balaban J connectivity index is 2.60. The van der Waals surface area contributed by atoms with Crippen LogP contribution in [0.15, 0.2) is 48.5 Å². The Morgan fingerprint density at radius 3 is 1.74 bits per heavy atom. The fraction of sp³-hybridized carbons (Fsp3) is 0.0625. The highest BCUT2D eigenvalue weighted by atomic mass is 16.5. The summed E-state index contributed by atoms with van der Waals surface area (Å²) >= 11 is 0. The van der Waals surface area contributed by atoms with E-state index >= 15 is 0 Å². The third-order valence-corrected chi connectivity index (χ3v) is 3.36. The number of carbonyl (C=O) groups is 1. The molecule has 0 aliphatic carbocycles. The van der Waals surface area contributed by atoms with Gasteiger partial charge in [0.25, 0.3) is 0 Å². The van der Waals surface area contributed by atoms with Crippen molar-refractivity contribution < 1.29 is 9.53 Å². The molecule has 0 aliphatic heterocycles. The highest BCUT2D eigenvalue weighted by Gasteiger charge is 2.17. The molecule has 0 bridgehead atoms. The molecular formula is C16H13NO2. The molecule has 0 radical (unpaired) electrons. The Hall–Kier alpha value is -2.55. The largest absolute Gasteiger partial charge is 0.465 e. The number of hydrogen-bond donors (Lipinski definition) is 1. The summed E-state index contributed by atoms with van der Waals surface area (Å²) in [5, 5.41) is 3.40. The number of benzene rings is 3. The van der Waals surface area contributed by atoms with Gasteiger partial charge in [0, 0.05) is 16.5 Å². The molecule has 0 aliphatic rings. The first-order chi connectivity index (χ1) is 9.24. The number of anilines is 1. The fourth-order valence-corrected chi connectivity index (χ4v) is 2.48. The molecule has 0 saturated heterocycles. The summed E-state index contributed by atoms with van der Waals surface area (Å²) in [7, 11) is 1.39. The zero-order valence-electron chi connectivity index (χ0n) is 10.5. The Kier molecular flexibility index (Phi) is 2.60. The zero-order valence-corrected chi connectivity index (χ0v) is 10.5. The number of fused-ring (bicyclic) bond motifs is 2. The van der Waals surface area contributed by atoms with Crippen molar-refractivity contribution in [2.75, 3.05) is 12.8 Å². The first kappa shape index (κ1) is 11.5. The fourth-order valence-electron chi connectivity index (χ4n) is 2.48. The lowest BCUT2D eigenvalue weighted by atomic mass is 9.95. The van der Waals surface area contributed by atoms with Crippen LogP contribution < -0.4 is 5.73 Å². The molecule has 19 heavy (non-hydrogen) atoms. The molecule has 0 heterocycles. The van der Waals surface area contributed by atoms with Crippen molar-refractivity contribution in [3.8, 4) is 0 Å². The van der Waals surface area contributed by atoms with Crippen LogP contribution in [0.1, 0.15) is 10.4 Å². The molecule has 3 nitrogen and oxygen atoms in total. The summed E-state index contributed by atoms with van der Waals surface area (Å²) in [4.78, 5) is 12.1. The lowest BCUT2D eigenvalue weighted by Crippen LogP contribution is -2.05. The van der Waals surface area contributed by atoms with Gasteiger partial charge in [-0.15, -0.1) is 0 Å². The predicted molar refractivity (Wildman–Crippen MR) is 77.2 cm³/mol. The first-order valence-electron chi connectivity index (χ1n) is 6.01. The number of hydrogen-bond acceptors (Lipinski definition) is 3. The standard InChI is InChI=1S/C16H13NO2/c1-19-16(18)14-10-6-2-4-8-12(10)15(17)13-9-5-3-7-11(13)14/h2-9H,17H2,1H3. The van der Waals surface area contributed by atoms with E-state index in [1.54, 1.807) is 0 Å². The normalized spacial score (nSPS) is 10.8. The molecule has 2 N–H and O–H groups in total. The second-order valence-electron chi connectivity index (χ2n) is 4.37. The first-order valence-corrected chi connectivity index (χ1v) is 6.01. The van der Waals surface area contributed by atoms with Crippen LogP contribution >= 0.6 is 0 Å².